The maximum absolute atomic E-state index is 15.6. The van der Waals surface area contributed by atoms with Crippen molar-refractivity contribution in [3.05, 3.63) is 111 Å². The first-order valence-corrected chi connectivity index (χ1v) is 21.1. The molecule has 6 heterocycles. The molecule has 0 atom stereocenters. The number of halogens is 2. The van der Waals surface area contributed by atoms with Crippen LogP contribution in [0.4, 0.5) is 27.4 Å². The van der Waals surface area contributed by atoms with Crippen molar-refractivity contribution in [1.29, 1.82) is 5.26 Å². The Morgan fingerprint density at radius 3 is 2.34 bits per heavy atom. The highest BCUT2D eigenvalue weighted by Gasteiger charge is 2.50. The molecule has 3 amide bonds. The van der Waals surface area contributed by atoms with Gasteiger partial charge < -0.3 is 25.0 Å². The standard InChI is InChI=1S/C44H43ClFN11O4S/c1-4-27-18-36-37(52-38(27)58)17-26(22-48-36)25-53-13-15-54(16-14-53)40(60)28-9-11-55(12-10-28)42-49-23-30(24-50-42)51-39(59)33-8-7-32(20-35(33)46)57-43(62)56(41(61)44(57,2)3)31-6-5-29(21-47)34(45)19-31/h5-8,17-20,22-24,28H,4,9-16,25H2,1-3H3,(H,51,59)(H,52,58). The minimum absolute atomic E-state index is 0.0817. The molecule has 0 unspecified atom stereocenters. The minimum Gasteiger partial charge on any atom is -0.341 e. The maximum atomic E-state index is 15.6. The van der Waals surface area contributed by atoms with E-state index in [-0.39, 0.29) is 55.9 Å². The largest absolute Gasteiger partial charge is 0.341 e. The summed E-state index contributed by atoms with van der Waals surface area (Å²) in [7, 11) is 0. The number of hydrogen-bond acceptors (Lipinski definition) is 11. The van der Waals surface area contributed by atoms with E-state index in [0.29, 0.717) is 63.6 Å². The lowest BCUT2D eigenvalue weighted by Crippen LogP contribution is -2.51. The van der Waals surface area contributed by atoms with Crippen molar-refractivity contribution in [1.82, 2.24) is 29.7 Å². The van der Waals surface area contributed by atoms with Crippen molar-refractivity contribution in [3.63, 3.8) is 0 Å². The van der Waals surface area contributed by atoms with E-state index in [1.807, 2.05) is 41.1 Å². The van der Waals surface area contributed by atoms with E-state index < -0.39 is 17.3 Å². The van der Waals surface area contributed by atoms with E-state index in [4.69, 9.17) is 23.8 Å². The van der Waals surface area contributed by atoms with E-state index in [2.05, 4.69) is 30.2 Å². The van der Waals surface area contributed by atoms with Gasteiger partial charge in [-0.25, -0.2) is 14.4 Å². The molecule has 0 aliphatic carbocycles. The van der Waals surface area contributed by atoms with Gasteiger partial charge in [0.1, 0.15) is 17.4 Å². The van der Waals surface area contributed by atoms with Gasteiger partial charge in [-0.15, -0.1) is 0 Å². The molecule has 62 heavy (non-hydrogen) atoms. The van der Waals surface area contributed by atoms with E-state index in [9.17, 15) is 24.4 Å². The van der Waals surface area contributed by atoms with Crippen LogP contribution in [0, 0.1) is 23.1 Å². The van der Waals surface area contributed by atoms with Gasteiger partial charge in [-0.2, -0.15) is 5.26 Å². The predicted octanol–water partition coefficient (Wildman–Crippen LogP) is 5.67. The number of nitrogens with zero attached hydrogens (tertiary/aromatic N) is 9. The molecule has 2 aromatic carbocycles. The average molecular weight is 876 g/mol. The number of nitrogens with one attached hydrogen (secondary N) is 2. The van der Waals surface area contributed by atoms with Gasteiger partial charge in [0.25, 0.3) is 17.4 Å². The molecule has 3 saturated heterocycles. The number of nitriles is 1. The van der Waals surface area contributed by atoms with E-state index in [1.54, 1.807) is 19.9 Å². The van der Waals surface area contributed by atoms with Crippen LogP contribution in [0.3, 0.4) is 0 Å². The lowest BCUT2D eigenvalue weighted by Gasteiger charge is -2.38. The van der Waals surface area contributed by atoms with Gasteiger partial charge >= 0.3 is 0 Å². The number of hydrogen-bond donors (Lipinski definition) is 2. The van der Waals surface area contributed by atoms with Gasteiger partial charge in [-0.1, -0.05) is 18.5 Å². The van der Waals surface area contributed by atoms with Crippen molar-refractivity contribution < 1.29 is 18.8 Å². The molecule has 0 radical (unpaired) electrons. The highest BCUT2D eigenvalue weighted by Crippen LogP contribution is 2.38. The predicted molar refractivity (Wildman–Crippen MR) is 238 cm³/mol. The summed E-state index contributed by atoms with van der Waals surface area (Å²) in [5.41, 5.74) is 2.85. The molecular weight excluding hydrogens is 833 g/mol. The number of carbonyl (C=O) groups is 3. The van der Waals surface area contributed by atoms with Crippen LogP contribution in [0.15, 0.2) is 71.9 Å². The van der Waals surface area contributed by atoms with Crippen molar-refractivity contribution in [2.75, 3.05) is 59.3 Å². The fourth-order valence-electron chi connectivity index (χ4n) is 8.25. The number of piperidine rings is 1. The number of benzene rings is 2. The minimum atomic E-state index is -1.21. The first kappa shape index (κ1) is 42.3. The van der Waals surface area contributed by atoms with Gasteiger partial charge in [-0.05, 0) is 99.4 Å². The lowest BCUT2D eigenvalue weighted by atomic mass is 9.95. The molecule has 318 valence electrons. The van der Waals surface area contributed by atoms with E-state index in [1.165, 1.54) is 46.5 Å². The molecule has 3 aromatic heterocycles. The Labute approximate surface area is 367 Å². The number of piperazine rings is 1. The summed E-state index contributed by atoms with van der Waals surface area (Å²) in [5.74, 6) is -1.39. The first-order chi connectivity index (χ1) is 29.7. The molecular formula is C44H43ClFN11O4S. The SMILES string of the molecule is CCc1cc2ncc(CN3CCN(C(=O)C4CCN(c5ncc(NC(=O)c6ccc(N7C(=S)N(c8ccc(C#N)c(Cl)c8)C(=O)C7(C)C)cc6F)cn5)CC4)CC3)cc2[nH]c1=O. The van der Waals surface area contributed by atoms with Crippen molar-refractivity contribution >= 4 is 80.7 Å². The van der Waals surface area contributed by atoms with Gasteiger partial charge in [0.2, 0.25) is 11.9 Å². The molecule has 0 spiro atoms. The summed E-state index contributed by atoms with van der Waals surface area (Å²) in [5, 5.41) is 12.1. The zero-order valence-electron chi connectivity index (χ0n) is 34.3. The maximum Gasteiger partial charge on any atom is 0.259 e. The summed E-state index contributed by atoms with van der Waals surface area (Å²) >= 11 is 11.9. The van der Waals surface area contributed by atoms with Crippen molar-refractivity contribution in [2.45, 2.75) is 52.1 Å². The third-order valence-corrected chi connectivity index (χ3v) is 12.5. The van der Waals surface area contributed by atoms with Gasteiger partial charge in [0.05, 0.1) is 51.0 Å². The third kappa shape index (κ3) is 8.20. The second-order valence-corrected chi connectivity index (χ2v) is 16.9. The number of anilines is 4. The number of thiocarbonyl (C=S) groups is 1. The third-order valence-electron chi connectivity index (χ3n) is 11.8. The second kappa shape index (κ2) is 17.2. The topological polar surface area (TPSA) is 175 Å². The zero-order valence-corrected chi connectivity index (χ0v) is 35.9. The molecule has 0 bridgehead atoms. The molecule has 2 N–H and O–H groups in total. The summed E-state index contributed by atoms with van der Waals surface area (Å²) in [6, 6.07) is 14.3. The van der Waals surface area contributed by atoms with Crippen LogP contribution in [0.2, 0.25) is 5.02 Å². The van der Waals surface area contributed by atoms with Crippen LogP contribution >= 0.6 is 23.8 Å². The fraction of sp³-hybridized carbons (Fsp3) is 0.341. The summed E-state index contributed by atoms with van der Waals surface area (Å²) in [4.78, 5) is 78.1. The lowest BCUT2D eigenvalue weighted by molar-refractivity contribution is -0.138. The van der Waals surface area contributed by atoms with E-state index in [0.717, 1.165) is 41.3 Å². The summed E-state index contributed by atoms with van der Waals surface area (Å²) in [6.45, 7) is 9.90. The van der Waals surface area contributed by atoms with Crippen LogP contribution in [-0.2, 0) is 22.6 Å². The van der Waals surface area contributed by atoms with Gasteiger partial charge in [0, 0.05) is 69.2 Å². The number of pyridine rings is 2. The molecule has 5 aromatic rings. The zero-order chi connectivity index (χ0) is 43.9. The Morgan fingerprint density at radius 2 is 1.68 bits per heavy atom. The summed E-state index contributed by atoms with van der Waals surface area (Å²) < 4.78 is 15.6. The second-order valence-electron chi connectivity index (χ2n) is 16.1. The molecule has 15 nitrogen and oxygen atoms in total. The fourth-order valence-corrected chi connectivity index (χ4v) is 8.99. The number of aromatic nitrogens is 4. The molecule has 18 heteroatoms. The van der Waals surface area contributed by atoms with E-state index >= 15 is 4.39 Å². The Morgan fingerprint density at radius 1 is 0.968 bits per heavy atom. The number of fused-ring (bicyclic) bond motifs is 1. The van der Waals surface area contributed by atoms with Crippen LogP contribution in [0.5, 0.6) is 0 Å². The molecule has 0 saturated carbocycles. The number of rotatable bonds is 9. The average Bonchev–Trinajstić information content (AvgIpc) is 3.44. The Bertz CT molecular complexity index is 2710. The van der Waals surface area contributed by atoms with Crippen LogP contribution in [-0.4, -0.2) is 97.4 Å². The Hall–Kier alpha value is -6.35. The van der Waals surface area contributed by atoms with Gasteiger partial charge in [-0.3, -0.25) is 34.0 Å². The summed E-state index contributed by atoms with van der Waals surface area (Å²) in [6.07, 6.45) is 6.74. The normalized spacial score (nSPS) is 17.2. The number of carbonyl (C=O) groups excluding carboxylic acids is 3. The molecule has 3 aliphatic rings. The van der Waals surface area contributed by atoms with Crippen LogP contribution in [0.25, 0.3) is 11.0 Å². The van der Waals surface area contributed by atoms with Crippen molar-refractivity contribution in [2.24, 2.45) is 5.92 Å². The monoisotopic (exact) mass is 875 g/mol. The Kier molecular flexibility index (Phi) is 11.7. The Balaban J connectivity index is 0.821. The number of H-pyrrole nitrogens is 1. The molecule has 3 aliphatic heterocycles. The van der Waals surface area contributed by atoms with Crippen LogP contribution < -0.4 is 25.6 Å². The number of aryl methyl sites for hydroxylation is 1. The van der Waals surface area contributed by atoms with Gasteiger partial charge in [0.15, 0.2) is 5.11 Å². The van der Waals surface area contributed by atoms with Crippen LogP contribution in [0.1, 0.15) is 60.7 Å². The molecule has 8 rings (SSSR count). The highest BCUT2D eigenvalue weighted by atomic mass is 35.5. The smallest absolute Gasteiger partial charge is 0.259 e. The first-order valence-electron chi connectivity index (χ1n) is 20.3. The molecule has 3 fully saturated rings. The van der Waals surface area contributed by atoms with Crippen molar-refractivity contribution in [3.8, 4) is 6.07 Å². The number of aromatic amines is 1. The quantitative estimate of drug-likeness (QED) is 0.174. The highest BCUT2D eigenvalue weighted by molar-refractivity contribution is 7.81. The number of amides is 3.